The van der Waals surface area contributed by atoms with E-state index in [1.54, 1.807) is 0 Å². The Hall–Kier alpha value is -0.370. The number of carbonyl (C=O) groups is 1. The smallest absolute Gasteiger partial charge is 0.116 e. The van der Waals surface area contributed by atoms with Crippen molar-refractivity contribution >= 4 is 6.29 Å². The van der Waals surface area contributed by atoms with Gasteiger partial charge in [-0.1, -0.05) is 6.92 Å². The highest BCUT2D eigenvalue weighted by Gasteiger charge is 2.17. The van der Waals surface area contributed by atoms with Crippen molar-refractivity contribution in [3.63, 3.8) is 0 Å². The third-order valence-corrected chi connectivity index (χ3v) is 2.71. The lowest BCUT2D eigenvalue weighted by molar-refractivity contribution is -0.923. The Morgan fingerprint density at radius 1 is 1.00 bits per heavy atom. The fourth-order valence-electron chi connectivity index (χ4n) is 1.62. The number of rotatable bonds is 5. The van der Waals surface area contributed by atoms with Crippen LogP contribution in [0.15, 0.2) is 0 Å². The molecular weight excluding hydrogens is 162 g/mol. The van der Waals surface area contributed by atoms with Crippen LogP contribution >= 0.6 is 0 Å². The first-order valence-electron chi connectivity index (χ1n) is 5.41. The van der Waals surface area contributed by atoms with E-state index in [1.807, 2.05) is 0 Å². The summed E-state index contributed by atoms with van der Waals surface area (Å²) in [4.78, 5) is 8.81. The zero-order valence-corrected chi connectivity index (χ0v) is 9.97. The van der Waals surface area contributed by atoms with Gasteiger partial charge in [0.25, 0.3) is 0 Å². The molecule has 0 bridgehead atoms. The average molecular weight is 188 g/mol. The van der Waals surface area contributed by atoms with E-state index in [1.165, 1.54) is 44.0 Å². The number of hydrogen-bond donors (Lipinski definition) is 0. The maximum atomic E-state index is 8.81. The molecule has 0 aliphatic rings. The standard InChI is InChI=1S/C9H22N.C2H4O/c1-5-9-10(6-2,7-3)8-4;1-2-3/h5-9H2,1-4H3;2H,1H3/q+1;. The van der Waals surface area contributed by atoms with E-state index < -0.39 is 0 Å². The number of nitrogens with zero attached hydrogens (tertiary/aromatic N) is 1. The first-order valence-corrected chi connectivity index (χ1v) is 5.41. The van der Waals surface area contributed by atoms with Crippen molar-refractivity contribution in [1.82, 2.24) is 0 Å². The molecule has 0 amide bonds. The number of hydrogen-bond acceptors (Lipinski definition) is 1. The van der Waals surface area contributed by atoms with E-state index in [0.717, 1.165) is 6.29 Å². The molecular formula is C11H26NO+. The molecule has 0 atom stereocenters. The Bertz CT molecular complexity index is 100. The first-order chi connectivity index (χ1) is 6.16. The molecule has 2 heteroatoms. The van der Waals surface area contributed by atoms with Gasteiger partial charge in [0, 0.05) is 0 Å². The topological polar surface area (TPSA) is 17.1 Å². The van der Waals surface area contributed by atoms with Gasteiger partial charge in [-0.15, -0.1) is 0 Å². The van der Waals surface area contributed by atoms with Gasteiger partial charge >= 0.3 is 0 Å². The minimum atomic E-state index is 0.750. The zero-order chi connectivity index (χ0) is 10.7. The molecule has 0 N–H and O–H groups in total. The van der Waals surface area contributed by atoms with Crippen LogP contribution in [0.4, 0.5) is 0 Å². The molecule has 0 aromatic heterocycles. The largest absolute Gasteiger partial charge is 0.324 e. The van der Waals surface area contributed by atoms with Crippen molar-refractivity contribution in [1.29, 1.82) is 0 Å². The molecule has 2 nitrogen and oxygen atoms in total. The van der Waals surface area contributed by atoms with Gasteiger partial charge in [0.1, 0.15) is 6.29 Å². The molecule has 0 aliphatic heterocycles. The van der Waals surface area contributed by atoms with Gasteiger partial charge in [-0.3, -0.25) is 0 Å². The fourth-order valence-corrected chi connectivity index (χ4v) is 1.62. The van der Waals surface area contributed by atoms with Crippen LogP contribution in [-0.2, 0) is 4.79 Å². The summed E-state index contributed by atoms with van der Waals surface area (Å²) in [6.07, 6.45) is 2.06. The summed E-state index contributed by atoms with van der Waals surface area (Å²) in [6, 6.07) is 0. The predicted octanol–water partition coefficient (Wildman–Crippen LogP) is 2.48. The highest BCUT2D eigenvalue weighted by Crippen LogP contribution is 2.06. The van der Waals surface area contributed by atoms with Crippen LogP contribution in [0, 0.1) is 0 Å². The second kappa shape index (κ2) is 9.72. The molecule has 0 aromatic rings. The predicted molar refractivity (Wildman–Crippen MR) is 58.8 cm³/mol. The molecule has 0 spiro atoms. The molecule has 0 unspecified atom stereocenters. The quantitative estimate of drug-likeness (QED) is 0.478. The van der Waals surface area contributed by atoms with Crippen LogP contribution < -0.4 is 0 Å². The molecule has 0 aliphatic carbocycles. The average Bonchev–Trinajstić information content (AvgIpc) is 2.16. The Kier molecular flexibility index (Phi) is 11.3. The van der Waals surface area contributed by atoms with Gasteiger partial charge in [0.2, 0.25) is 0 Å². The summed E-state index contributed by atoms with van der Waals surface area (Å²) >= 11 is 0. The highest BCUT2D eigenvalue weighted by molar-refractivity contribution is 5.44. The summed E-state index contributed by atoms with van der Waals surface area (Å²) in [6.45, 7) is 15.8. The maximum Gasteiger partial charge on any atom is 0.116 e. The molecule has 0 aromatic carbocycles. The molecule has 0 saturated heterocycles. The molecule has 0 radical (unpaired) electrons. The van der Waals surface area contributed by atoms with Crippen LogP contribution in [0.2, 0.25) is 0 Å². The minimum absolute atomic E-state index is 0.750. The number of aldehydes is 1. The second-order valence-electron chi connectivity index (χ2n) is 3.25. The third-order valence-electron chi connectivity index (χ3n) is 2.71. The molecule has 13 heavy (non-hydrogen) atoms. The highest BCUT2D eigenvalue weighted by atomic mass is 16.1. The zero-order valence-electron chi connectivity index (χ0n) is 9.97. The third kappa shape index (κ3) is 6.76. The van der Waals surface area contributed by atoms with Crippen molar-refractivity contribution in [2.45, 2.75) is 41.0 Å². The lowest BCUT2D eigenvalue weighted by Crippen LogP contribution is -2.47. The van der Waals surface area contributed by atoms with Gasteiger partial charge in [-0.2, -0.15) is 0 Å². The molecule has 80 valence electrons. The molecule has 0 rings (SSSR count). The fraction of sp³-hybridized carbons (Fsp3) is 0.909. The van der Waals surface area contributed by atoms with Crippen LogP contribution in [-0.4, -0.2) is 36.9 Å². The monoisotopic (exact) mass is 188 g/mol. The Labute approximate surface area is 83.5 Å². The van der Waals surface area contributed by atoms with Crippen LogP contribution in [0.3, 0.4) is 0 Å². The summed E-state index contributed by atoms with van der Waals surface area (Å²) in [5.74, 6) is 0. The van der Waals surface area contributed by atoms with Crippen LogP contribution in [0.5, 0.6) is 0 Å². The van der Waals surface area contributed by atoms with Crippen molar-refractivity contribution in [3.05, 3.63) is 0 Å². The van der Waals surface area contributed by atoms with E-state index >= 15 is 0 Å². The summed E-state index contributed by atoms with van der Waals surface area (Å²) in [5.41, 5.74) is 0. The maximum absolute atomic E-state index is 8.81. The van der Waals surface area contributed by atoms with E-state index in [-0.39, 0.29) is 0 Å². The second-order valence-corrected chi connectivity index (χ2v) is 3.25. The van der Waals surface area contributed by atoms with Gasteiger partial charge in [-0.05, 0) is 34.1 Å². The Morgan fingerprint density at radius 3 is 1.38 bits per heavy atom. The van der Waals surface area contributed by atoms with Crippen LogP contribution in [0.1, 0.15) is 41.0 Å². The van der Waals surface area contributed by atoms with Gasteiger partial charge < -0.3 is 9.28 Å². The minimum Gasteiger partial charge on any atom is -0.324 e. The van der Waals surface area contributed by atoms with Gasteiger partial charge in [0.15, 0.2) is 0 Å². The Morgan fingerprint density at radius 2 is 1.31 bits per heavy atom. The van der Waals surface area contributed by atoms with Crippen molar-refractivity contribution < 1.29 is 9.28 Å². The summed E-state index contributed by atoms with van der Waals surface area (Å²) < 4.78 is 1.30. The lowest BCUT2D eigenvalue weighted by Gasteiger charge is -2.35. The van der Waals surface area contributed by atoms with Crippen molar-refractivity contribution in [3.8, 4) is 0 Å². The number of carbonyl (C=O) groups excluding carboxylic acids is 1. The van der Waals surface area contributed by atoms with Gasteiger partial charge in [-0.25, -0.2) is 0 Å². The summed E-state index contributed by atoms with van der Waals surface area (Å²) in [5, 5.41) is 0. The van der Waals surface area contributed by atoms with E-state index in [4.69, 9.17) is 4.79 Å². The van der Waals surface area contributed by atoms with E-state index in [9.17, 15) is 0 Å². The molecule has 0 saturated carbocycles. The van der Waals surface area contributed by atoms with Gasteiger partial charge in [0.05, 0.1) is 26.2 Å². The number of quaternary nitrogens is 1. The molecule has 0 fully saturated rings. The SMILES string of the molecule is CC=O.CCC[N+](CC)(CC)CC. The van der Waals surface area contributed by atoms with Crippen LogP contribution in [0.25, 0.3) is 0 Å². The molecule has 0 heterocycles. The first kappa shape index (κ1) is 15.1. The van der Waals surface area contributed by atoms with Crippen molar-refractivity contribution in [2.24, 2.45) is 0 Å². The van der Waals surface area contributed by atoms with Crippen molar-refractivity contribution in [2.75, 3.05) is 26.2 Å². The lowest BCUT2D eigenvalue weighted by atomic mass is 10.3. The Balaban J connectivity index is 0. The summed E-state index contributed by atoms with van der Waals surface area (Å²) in [7, 11) is 0. The normalized spacial score (nSPS) is 10.2. The van der Waals surface area contributed by atoms with E-state index in [0.29, 0.717) is 0 Å². The van der Waals surface area contributed by atoms with E-state index in [2.05, 4.69) is 27.7 Å².